The van der Waals surface area contributed by atoms with Gasteiger partial charge in [0.25, 0.3) is 0 Å². The van der Waals surface area contributed by atoms with Crippen molar-refractivity contribution < 1.29 is 5.11 Å². The number of nitrogens with one attached hydrogen (secondary N) is 2. The molecule has 118 valence electrons. The summed E-state index contributed by atoms with van der Waals surface area (Å²) in [5.41, 5.74) is 0. The third kappa shape index (κ3) is 6.14. The minimum Gasteiger partial charge on any atom is -0.386 e. The second-order valence-corrected chi connectivity index (χ2v) is 6.41. The van der Waals surface area contributed by atoms with Crippen molar-refractivity contribution >= 4 is 52.9 Å². The van der Waals surface area contributed by atoms with Crippen molar-refractivity contribution in [3.63, 3.8) is 0 Å². The van der Waals surface area contributed by atoms with Crippen LogP contribution in [0.3, 0.4) is 0 Å². The lowest BCUT2D eigenvalue weighted by Crippen LogP contribution is -2.42. The van der Waals surface area contributed by atoms with E-state index in [1.54, 1.807) is 6.07 Å². The van der Waals surface area contributed by atoms with Gasteiger partial charge in [0.15, 0.2) is 5.96 Å². The van der Waals surface area contributed by atoms with Crippen LogP contribution < -0.4 is 10.6 Å². The number of rotatable bonds is 5. The second kappa shape index (κ2) is 9.66. The van der Waals surface area contributed by atoms with Crippen LogP contribution in [-0.2, 0) is 0 Å². The Labute approximate surface area is 151 Å². The van der Waals surface area contributed by atoms with Gasteiger partial charge in [-0.15, -0.1) is 35.3 Å². The zero-order valence-corrected chi connectivity index (χ0v) is 15.8. The van der Waals surface area contributed by atoms with Crippen LogP contribution in [0.1, 0.15) is 30.7 Å². The van der Waals surface area contributed by atoms with Crippen LogP contribution in [0, 0.1) is 0 Å². The van der Waals surface area contributed by atoms with E-state index in [1.807, 2.05) is 13.0 Å². The number of aliphatic hydroxyl groups is 1. The first-order valence-corrected chi connectivity index (χ1v) is 8.01. The smallest absolute Gasteiger partial charge is 0.191 e. The van der Waals surface area contributed by atoms with Gasteiger partial charge in [0.1, 0.15) is 6.10 Å². The summed E-state index contributed by atoms with van der Waals surface area (Å²) in [4.78, 5) is 5.29. The highest BCUT2D eigenvalue weighted by atomic mass is 127. The zero-order chi connectivity index (χ0) is 14.4. The van der Waals surface area contributed by atoms with Gasteiger partial charge in [-0.1, -0.05) is 23.8 Å². The van der Waals surface area contributed by atoms with Gasteiger partial charge < -0.3 is 15.7 Å². The molecule has 0 saturated carbocycles. The molecular formula is C14H21ClIN3OS. The molecule has 7 heteroatoms. The Balaban J connectivity index is 0.00000220. The SMILES string of the molecule is CCNC(=NCC(O)c1ccc(Cl)s1)NC1CC=CC1.I. The van der Waals surface area contributed by atoms with Crippen LogP contribution in [0.2, 0.25) is 4.34 Å². The summed E-state index contributed by atoms with van der Waals surface area (Å²) in [5, 5.41) is 16.7. The number of guanidine groups is 1. The van der Waals surface area contributed by atoms with Gasteiger partial charge >= 0.3 is 0 Å². The Morgan fingerprint density at radius 2 is 2.19 bits per heavy atom. The maximum absolute atomic E-state index is 10.1. The topological polar surface area (TPSA) is 56.7 Å². The molecule has 4 nitrogen and oxygen atoms in total. The highest BCUT2D eigenvalue weighted by Gasteiger charge is 2.13. The van der Waals surface area contributed by atoms with Crippen molar-refractivity contribution in [1.29, 1.82) is 0 Å². The maximum atomic E-state index is 10.1. The van der Waals surface area contributed by atoms with E-state index < -0.39 is 6.10 Å². The summed E-state index contributed by atoms with van der Waals surface area (Å²) in [5.74, 6) is 0.753. The zero-order valence-electron chi connectivity index (χ0n) is 11.9. The van der Waals surface area contributed by atoms with Crippen molar-refractivity contribution in [1.82, 2.24) is 10.6 Å². The van der Waals surface area contributed by atoms with E-state index in [1.165, 1.54) is 11.3 Å². The number of thiophene rings is 1. The van der Waals surface area contributed by atoms with Crippen molar-refractivity contribution in [2.75, 3.05) is 13.1 Å². The number of halogens is 2. The first kappa shape index (κ1) is 18.7. The van der Waals surface area contributed by atoms with Gasteiger partial charge in [0.05, 0.1) is 10.9 Å². The molecule has 0 aliphatic heterocycles. The quantitative estimate of drug-likeness (QED) is 0.284. The third-order valence-electron chi connectivity index (χ3n) is 3.04. The maximum Gasteiger partial charge on any atom is 0.191 e. The average Bonchev–Trinajstić information content (AvgIpc) is 3.07. The lowest BCUT2D eigenvalue weighted by Gasteiger charge is -2.17. The Hall–Kier alpha value is -0.310. The monoisotopic (exact) mass is 441 g/mol. The van der Waals surface area contributed by atoms with Crippen molar-refractivity contribution in [3.05, 3.63) is 33.5 Å². The molecule has 0 bridgehead atoms. The first-order valence-electron chi connectivity index (χ1n) is 6.82. The predicted molar refractivity (Wildman–Crippen MR) is 101 cm³/mol. The summed E-state index contributed by atoms with van der Waals surface area (Å²) in [6.07, 6.45) is 5.78. The molecule has 1 unspecified atom stereocenters. The molecule has 1 aliphatic carbocycles. The van der Waals surface area contributed by atoms with Gasteiger partial charge in [-0.3, -0.25) is 4.99 Å². The predicted octanol–water partition coefficient (Wildman–Crippen LogP) is 3.33. The van der Waals surface area contributed by atoms with Gasteiger partial charge in [-0.25, -0.2) is 0 Å². The third-order valence-corrected chi connectivity index (χ3v) is 4.37. The van der Waals surface area contributed by atoms with Crippen LogP contribution in [0.4, 0.5) is 0 Å². The van der Waals surface area contributed by atoms with Gasteiger partial charge in [-0.2, -0.15) is 0 Å². The number of aliphatic hydroxyl groups excluding tert-OH is 1. The van der Waals surface area contributed by atoms with Crippen LogP contribution in [0.15, 0.2) is 29.3 Å². The number of hydrogen-bond acceptors (Lipinski definition) is 3. The minimum absolute atomic E-state index is 0. The lowest BCUT2D eigenvalue weighted by atomic mass is 10.2. The van der Waals surface area contributed by atoms with Gasteiger partial charge in [0.2, 0.25) is 0 Å². The summed E-state index contributed by atoms with van der Waals surface area (Å²) < 4.78 is 0.685. The van der Waals surface area contributed by atoms with E-state index in [9.17, 15) is 5.11 Å². The van der Waals surface area contributed by atoms with Crippen LogP contribution in [-0.4, -0.2) is 30.2 Å². The fourth-order valence-electron chi connectivity index (χ4n) is 2.02. The van der Waals surface area contributed by atoms with Crippen molar-refractivity contribution in [2.45, 2.75) is 31.9 Å². The molecular weight excluding hydrogens is 421 g/mol. The Morgan fingerprint density at radius 3 is 2.76 bits per heavy atom. The minimum atomic E-state index is -0.607. The van der Waals surface area contributed by atoms with Crippen molar-refractivity contribution in [2.24, 2.45) is 4.99 Å². The van der Waals surface area contributed by atoms with Gasteiger partial charge in [0, 0.05) is 17.5 Å². The molecule has 1 aromatic heterocycles. The van der Waals surface area contributed by atoms with Crippen LogP contribution in [0.25, 0.3) is 0 Å². The molecule has 1 atom stereocenters. The molecule has 1 aliphatic rings. The van der Waals surface area contributed by atoms with E-state index >= 15 is 0 Å². The molecule has 2 rings (SSSR count). The summed E-state index contributed by atoms with van der Waals surface area (Å²) in [7, 11) is 0. The van der Waals surface area contributed by atoms with E-state index in [-0.39, 0.29) is 24.0 Å². The van der Waals surface area contributed by atoms with Crippen molar-refractivity contribution in [3.8, 4) is 0 Å². The molecule has 0 aromatic carbocycles. The first-order chi connectivity index (χ1) is 9.69. The number of hydrogen-bond donors (Lipinski definition) is 3. The molecule has 21 heavy (non-hydrogen) atoms. The largest absolute Gasteiger partial charge is 0.386 e. The molecule has 0 fully saturated rings. The van der Waals surface area contributed by atoms with Crippen LogP contribution in [0.5, 0.6) is 0 Å². The molecule has 0 amide bonds. The highest BCUT2D eigenvalue weighted by Crippen LogP contribution is 2.26. The summed E-state index contributed by atoms with van der Waals surface area (Å²) >= 11 is 7.26. The Morgan fingerprint density at radius 1 is 1.48 bits per heavy atom. The molecule has 3 N–H and O–H groups in total. The standard InChI is InChI=1S/C14H20ClN3OS.HI/c1-2-16-14(18-10-5-3-4-6-10)17-9-11(19)12-7-8-13(15)20-12;/h3-4,7-8,10-11,19H,2,5-6,9H2,1H3,(H2,16,17,18);1H. The normalized spacial score (nSPS) is 16.6. The Kier molecular flexibility index (Phi) is 8.62. The number of aliphatic imine (C=N–C) groups is 1. The number of nitrogens with zero attached hydrogens (tertiary/aromatic N) is 1. The van der Waals surface area contributed by atoms with Gasteiger partial charge in [-0.05, 0) is 31.9 Å². The van der Waals surface area contributed by atoms with E-state index in [4.69, 9.17) is 11.6 Å². The molecule has 1 aromatic rings. The molecule has 1 heterocycles. The molecule has 0 spiro atoms. The Bertz CT molecular complexity index is 484. The highest BCUT2D eigenvalue weighted by molar-refractivity contribution is 14.0. The molecule has 0 saturated heterocycles. The fourth-order valence-corrected chi connectivity index (χ4v) is 3.06. The van der Waals surface area contributed by atoms with E-state index in [0.29, 0.717) is 16.9 Å². The lowest BCUT2D eigenvalue weighted by molar-refractivity contribution is 0.191. The summed E-state index contributed by atoms with van der Waals surface area (Å²) in [6.45, 7) is 3.15. The fraction of sp³-hybridized carbons (Fsp3) is 0.500. The van der Waals surface area contributed by atoms with Crippen LogP contribution >= 0.6 is 46.9 Å². The van der Waals surface area contributed by atoms with E-state index in [0.717, 1.165) is 30.2 Å². The average molecular weight is 442 g/mol. The van der Waals surface area contributed by atoms with E-state index in [2.05, 4.69) is 27.8 Å². The second-order valence-electron chi connectivity index (χ2n) is 4.66. The summed E-state index contributed by atoms with van der Waals surface area (Å²) in [6, 6.07) is 4.04. The molecule has 0 radical (unpaired) electrons.